The minimum absolute atomic E-state index is 0.0334. The minimum atomic E-state index is -4.33. The Balaban J connectivity index is 1.08. The summed E-state index contributed by atoms with van der Waals surface area (Å²) in [5.74, 6) is -3.18. The van der Waals surface area contributed by atoms with Gasteiger partial charge in [-0.1, -0.05) is 78.3 Å². The Morgan fingerprint density at radius 1 is 0.821 bits per heavy atom. The summed E-state index contributed by atoms with van der Waals surface area (Å²) >= 11 is 6.99. The summed E-state index contributed by atoms with van der Waals surface area (Å²) in [6.07, 6.45) is 2.20. The van der Waals surface area contributed by atoms with E-state index in [1.165, 1.54) is 35.0 Å². The van der Waals surface area contributed by atoms with E-state index in [-0.39, 0.29) is 44.8 Å². The predicted octanol–water partition coefficient (Wildman–Crippen LogP) is 8.01. The maximum absolute atomic E-state index is 14.7. The third-order valence-electron chi connectivity index (χ3n) is 12.5. The summed E-state index contributed by atoms with van der Waals surface area (Å²) in [5, 5.41) is 15.6. The Kier molecular flexibility index (Phi) is 13.1. The second kappa shape index (κ2) is 18.8. The van der Waals surface area contributed by atoms with E-state index in [1.54, 1.807) is 52.0 Å². The molecule has 1 fully saturated rings. The SMILES string of the molecule is Cc1c(Cl)c(C(=O)N(c2ccc(CCC(=O)N3CCC(C(=O)O)CC3)cc2)C(C)(C)C)nn1-c1ccc(C(=O)NS(=O)(=O)c2ccc3ccccc3c2)cc1C(=O)N1CCc2ccccc2C1. The number of nitrogens with one attached hydrogen (secondary N) is 1. The number of carbonyl (C=O) groups excluding carboxylic acids is 4. The fourth-order valence-electron chi connectivity index (χ4n) is 8.81. The first-order chi connectivity index (χ1) is 31.9. The van der Waals surface area contributed by atoms with Gasteiger partial charge in [-0.05, 0) is 123 Å². The number of anilines is 1. The summed E-state index contributed by atoms with van der Waals surface area (Å²) in [5.41, 5.74) is 3.21. The largest absolute Gasteiger partial charge is 0.481 e. The Labute approximate surface area is 394 Å². The fourth-order valence-corrected chi connectivity index (χ4v) is 10.0. The van der Waals surface area contributed by atoms with Gasteiger partial charge >= 0.3 is 5.97 Å². The monoisotopic (exact) mass is 942 g/mol. The number of carbonyl (C=O) groups is 5. The first kappa shape index (κ1) is 46.7. The molecule has 67 heavy (non-hydrogen) atoms. The molecule has 2 aliphatic rings. The van der Waals surface area contributed by atoms with Gasteiger partial charge in [-0.3, -0.25) is 24.0 Å². The van der Waals surface area contributed by atoms with Crippen molar-refractivity contribution in [3.05, 3.63) is 153 Å². The lowest BCUT2D eigenvalue weighted by Crippen LogP contribution is -2.46. The quantitative estimate of drug-likeness (QED) is 0.130. The number of hydrogen-bond acceptors (Lipinski definition) is 8. The average Bonchev–Trinajstić information content (AvgIpc) is 3.62. The van der Waals surface area contributed by atoms with Gasteiger partial charge in [-0.25, -0.2) is 17.8 Å². The number of aromatic nitrogens is 2. The Bertz CT molecular complexity index is 3050. The highest BCUT2D eigenvalue weighted by Crippen LogP contribution is 2.33. The van der Waals surface area contributed by atoms with Crippen molar-refractivity contribution in [2.24, 2.45) is 5.92 Å². The third-order valence-corrected chi connectivity index (χ3v) is 14.3. The minimum Gasteiger partial charge on any atom is -0.481 e. The van der Waals surface area contributed by atoms with E-state index in [0.29, 0.717) is 68.6 Å². The number of fused-ring (bicyclic) bond motifs is 2. The van der Waals surface area contributed by atoms with E-state index in [9.17, 15) is 37.5 Å². The molecule has 0 unspecified atom stereocenters. The molecule has 2 N–H and O–H groups in total. The van der Waals surface area contributed by atoms with Crippen LogP contribution < -0.4 is 9.62 Å². The molecule has 16 heteroatoms. The highest BCUT2D eigenvalue weighted by atomic mass is 35.5. The first-order valence-corrected chi connectivity index (χ1v) is 24.0. The zero-order chi connectivity index (χ0) is 47.8. The van der Waals surface area contributed by atoms with Crippen molar-refractivity contribution in [3.63, 3.8) is 0 Å². The zero-order valence-electron chi connectivity index (χ0n) is 37.7. The Morgan fingerprint density at radius 2 is 1.49 bits per heavy atom. The summed E-state index contributed by atoms with van der Waals surface area (Å²) in [6.45, 7) is 8.81. The predicted molar refractivity (Wildman–Crippen MR) is 255 cm³/mol. The van der Waals surface area contributed by atoms with E-state index in [4.69, 9.17) is 16.7 Å². The van der Waals surface area contributed by atoms with Gasteiger partial charge in [0.1, 0.15) is 0 Å². The van der Waals surface area contributed by atoms with Crippen LogP contribution in [0.5, 0.6) is 0 Å². The van der Waals surface area contributed by atoms with Crippen molar-refractivity contribution in [2.45, 2.75) is 76.8 Å². The van der Waals surface area contributed by atoms with Crippen LogP contribution >= 0.6 is 11.6 Å². The smallest absolute Gasteiger partial charge is 0.306 e. The van der Waals surface area contributed by atoms with Gasteiger partial charge in [0, 0.05) is 49.4 Å². The number of benzene rings is 5. The van der Waals surface area contributed by atoms with Gasteiger partial charge in [0.25, 0.3) is 27.7 Å². The van der Waals surface area contributed by atoms with E-state index in [2.05, 4.69) is 4.72 Å². The van der Waals surface area contributed by atoms with Gasteiger partial charge in [-0.15, -0.1) is 0 Å². The summed E-state index contributed by atoms with van der Waals surface area (Å²) in [7, 11) is -4.33. The highest BCUT2D eigenvalue weighted by Gasteiger charge is 2.35. The molecule has 0 spiro atoms. The molecule has 1 aromatic heterocycles. The number of piperidine rings is 1. The normalized spacial score (nSPS) is 14.4. The number of carboxylic acid groups (broad SMARTS) is 1. The van der Waals surface area contributed by atoms with Crippen LogP contribution in [0.2, 0.25) is 5.02 Å². The average molecular weight is 944 g/mol. The van der Waals surface area contributed by atoms with Gasteiger partial charge in [0.05, 0.1) is 32.8 Å². The number of nitrogens with zero attached hydrogens (tertiary/aromatic N) is 5. The molecule has 5 aromatic carbocycles. The van der Waals surface area contributed by atoms with Crippen LogP contribution in [0.15, 0.2) is 114 Å². The zero-order valence-corrected chi connectivity index (χ0v) is 39.2. The number of sulfonamides is 1. The van der Waals surface area contributed by atoms with Crippen LogP contribution in [0.4, 0.5) is 5.69 Å². The van der Waals surface area contributed by atoms with Crippen LogP contribution in [-0.4, -0.2) is 87.9 Å². The molecule has 0 atom stereocenters. The maximum atomic E-state index is 14.7. The summed E-state index contributed by atoms with van der Waals surface area (Å²) in [6, 6.07) is 31.2. The molecule has 346 valence electrons. The van der Waals surface area contributed by atoms with E-state index in [0.717, 1.165) is 22.1 Å². The first-order valence-electron chi connectivity index (χ1n) is 22.2. The van der Waals surface area contributed by atoms with Gasteiger partial charge in [0.2, 0.25) is 5.91 Å². The molecular weight excluding hydrogens is 892 g/mol. The molecule has 1 saturated heterocycles. The summed E-state index contributed by atoms with van der Waals surface area (Å²) < 4.78 is 30.7. The Morgan fingerprint density at radius 3 is 2.18 bits per heavy atom. The molecular formula is C51H51ClN6O8S. The van der Waals surface area contributed by atoms with E-state index in [1.807, 2.05) is 69.3 Å². The number of halogens is 1. The molecule has 0 bridgehead atoms. The van der Waals surface area contributed by atoms with Crippen LogP contribution in [-0.2, 0) is 39.0 Å². The van der Waals surface area contributed by atoms with Crippen molar-refractivity contribution in [1.82, 2.24) is 24.3 Å². The lowest BCUT2D eigenvalue weighted by molar-refractivity contribution is -0.145. The van der Waals surface area contributed by atoms with Crippen LogP contribution in [0.1, 0.15) is 93.6 Å². The van der Waals surface area contributed by atoms with E-state index < -0.39 is 45.2 Å². The number of likely N-dealkylation sites (tertiary alicyclic amines) is 1. The molecule has 6 aromatic rings. The number of rotatable bonds is 11. The number of carboxylic acids is 1. The molecule has 2 aliphatic heterocycles. The van der Waals surface area contributed by atoms with Gasteiger partial charge in [0.15, 0.2) is 5.69 Å². The van der Waals surface area contributed by atoms with Gasteiger partial charge in [-0.2, -0.15) is 5.10 Å². The van der Waals surface area contributed by atoms with Gasteiger partial charge < -0.3 is 19.8 Å². The fraction of sp³-hybridized carbons (Fsp3) is 0.294. The number of aryl methyl sites for hydroxylation is 1. The maximum Gasteiger partial charge on any atom is 0.306 e. The van der Waals surface area contributed by atoms with Crippen molar-refractivity contribution in [1.29, 1.82) is 0 Å². The van der Waals surface area contributed by atoms with Crippen molar-refractivity contribution in [3.8, 4) is 5.69 Å². The standard InChI is InChI=1S/C51H51ClN6O8S/c1-32-45(52)46(49(62)57(51(2,3)4)40-18-13-33(14-19-40)15-22-44(59)55-26-24-36(25-27-55)50(63)64)53-58(32)43-21-17-38(30-42(43)48(61)56-28-23-35-10-6-8-12-39(35)31-56)47(60)54-67(65,66)41-20-16-34-9-5-7-11-37(34)29-41/h5-14,16-21,29-30,36H,15,22-28,31H2,1-4H3,(H,54,60)(H,63,64). The molecule has 14 nitrogen and oxygen atoms in total. The van der Waals surface area contributed by atoms with Crippen LogP contribution in [0.3, 0.4) is 0 Å². The number of amides is 4. The van der Waals surface area contributed by atoms with Crippen LogP contribution in [0.25, 0.3) is 16.5 Å². The van der Waals surface area contributed by atoms with Crippen molar-refractivity contribution in [2.75, 3.05) is 24.5 Å². The molecule has 4 amide bonds. The number of aliphatic carboxylic acids is 1. The topological polar surface area (TPSA) is 179 Å². The molecule has 8 rings (SSSR count). The molecule has 0 aliphatic carbocycles. The second-order valence-corrected chi connectivity index (χ2v) is 20.1. The van der Waals surface area contributed by atoms with Crippen molar-refractivity contribution >= 4 is 67.7 Å². The van der Waals surface area contributed by atoms with E-state index >= 15 is 0 Å². The highest BCUT2D eigenvalue weighted by molar-refractivity contribution is 7.90. The lowest BCUT2D eigenvalue weighted by Gasteiger charge is -2.35. The Hall–Kier alpha value is -6.84. The molecule has 0 radical (unpaired) electrons. The third kappa shape index (κ3) is 9.84. The number of hydrogen-bond donors (Lipinski definition) is 2. The van der Waals surface area contributed by atoms with Crippen molar-refractivity contribution < 1.29 is 37.5 Å². The lowest BCUT2D eigenvalue weighted by atomic mass is 9.96. The second-order valence-electron chi connectivity index (χ2n) is 18.1. The summed E-state index contributed by atoms with van der Waals surface area (Å²) in [4.78, 5) is 72.4. The molecule has 0 saturated carbocycles. The van der Waals surface area contributed by atoms with Crippen LogP contribution in [0, 0.1) is 12.8 Å². The molecule has 3 heterocycles.